The summed E-state index contributed by atoms with van der Waals surface area (Å²) in [6.45, 7) is 4.23. The molecule has 0 spiro atoms. The molecule has 0 aliphatic rings. The number of amides is 1. The van der Waals surface area contributed by atoms with E-state index in [1.54, 1.807) is 54.6 Å². The molecule has 0 fully saturated rings. The Morgan fingerprint density at radius 3 is 2.28 bits per heavy atom. The Labute approximate surface area is 186 Å². The van der Waals surface area contributed by atoms with Crippen LogP contribution in [0.5, 0.6) is 17.2 Å². The van der Waals surface area contributed by atoms with E-state index in [-0.39, 0.29) is 12.5 Å². The van der Waals surface area contributed by atoms with Crippen molar-refractivity contribution in [2.24, 2.45) is 5.10 Å². The van der Waals surface area contributed by atoms with E-state index in [0.29, 0.717) is 29.4 Å². The SMILES string of the molecule is CCOc1ccc(C(=O)Oc2ccc(C=NNC(=O)COc3ccccc3C)cc2)cc1. The van der Waals surface area contributed by atoms with Crippen LogP contribution in [0.25, 0.3) is 0 Å². The number of benzene rings is 3. The number of nitrogens with zero attached hydrogens (tertiary/aromatic N) is 1. The molecule has 7 heteroatoms. The highest BCUT2D eigenvalue weighted by Crippen LogP contribution is 2.17. The molecule has 32 heavy (non-hydrogen) atoms. The van der Waals surface area contributed by atoms with Gasteiger partial charge in [0, 0.05) is 0 Å². The molecule has 1 N–H and O–H groups in total. The standard InChI is InChI=1S/C25H24N2O5/c1-3-30-21-14-10-20(11-15-21)25(29)32-22-12-8-19(9-13-22)16-26-27-24(28)17-31-23-7-5-4-6-18(23)2/h4-16H,3,17H2,1-2H3,(H,27,28). The molecule has 1 amide bonds. The van der Waals surface area contributed by atoms with Gasteiger partial charge in [0.25, 0.3) is 5.91 Å². The van der Waals surface area contributed by atoms with Crippen molar-refractivity contribution >= 4 is 18.1 Å². The van der Waals surface area contributed by atoms with E-state index >= 15 is 0 Å². The maximum absolute atomic E-state index is 12.3. The molecular formula is C25H24N2O5. The Balaban J connectivity index is 1.46. The highest BCUT2D eigenvalue weighted by atomic mass is 16.5. The van der Waals surface area contributed by atoms with Gasteiger partial charge in [-0.2, -0.15) is 5.10 Å². The van der Waals surface area contributed by atoms with Crippen molar-refractivity contribution in [3.05, 3.63) is 89.5 Å². The second kappa shape index (κ2) is 11.3. The smallest absolute Gasteiger partial charge is 0.343 e. The summed E-state index contributed by atoms with van der Waals surface area (Å²) in [5.41, 5.74) is 4.52. The molecule has 3 rings (SSSR count). The molecule has 0 aromatic heterocycles. The van der Waals surface area contributed by atoms with Crippen molar-refractivity contribution in [1.82, 2.24) is 5.43 Å². The maximum atomic E-state index is 12.3. The molecule has 0 radical (unpaired) electrons. The van der Waals surface area contributed by atoms with Gasteiger partial charge in [-0.25, -0.2) is 10.2 Å². The van der Waals surface area contributed by atoms with Crippen molar-refractivity contribution in [3.63, 3.8) is 0 Å². The topological polar surface area (TPSA) is 86.2 Å². The average molecular weight is 432 g/mol. The fourth-order valence-electron chi connectivity index (χ4n) is 2.71. The number of rotatable bonds is 9. The van der Waals surface area contributed by atoms with E-state index in [0.717, 1.165) is 11.1 Å². The first kappa shape index (κ1) is 22.6. The minimum absolute atomic E-state index is 0.136. The quantitative estimate of drug-likeness (QED) is 0.238. The van der Waals surface area contributed by atoms with Gasteiger partial charge >= 0.3 is 5.97 Å². The molecule has 0 atom stereocenters. The summed E-state index contributed by atoms with van der Waals surface area (Å²) in [5.74, 6) is 0.918. The number of esters is 1. The van der Waals surface area contributed by atoms with Crippen LogP contribution in [0, 0.1) is 6.92 Å². The number of carbonyl (C=O) groups is 2. The number of carbonyl (C=O) groups excluding carboxylic acids is 2. The second-order valence-corrected chi connectivity index (χ2v) is 6.76. The molecule has 3 aromatic rings. The van der Waals surface area contributed by atoms with Crippen molar-refractivity contribution in [3.8, 4) is 17.2 Å². The fraction of sp³-hybridized carbons (Fsp3) is 0.160. The van der Waals surface area contributed by atoms with Gasteiger partial charge in [0.1, 0.15) is 17.2 Å². The lowest BCUT2D eigenvalue weighted by atomic mass is 10.2. The van der Waals surface area contributed by atoms with E-state index in [1.165, 1.54) is 6.21 Å². The van der Waals surface area contributed by atoms with E-state index in [1.807, 2.05) is 32.0 Å². The Morgan fingerprint density at radius 2 is 1.59 bits per heavy atom. The lowest BCUT2D eigenvalue weighted by Crippen LogP contribution is -2.24. The zero-order chi connectivity index (χ0) is 22.8. The Hall–Kier alpha value is -4.13. The maximum Gasteiger partial charge on any atom is 0.343 e. The Kier molecular flexibility index (Phi) is 7.97. The van der Waals surface area contributed by atoms with Crippen molar-refractivity contribution in [2.45, 2.75) is 13.8 Å². The summed E-state index contributed by atoms with van der Waals surface area (Å²) in [6, 6.07) is 20.9. The summed E-state index contributed by atoms with van der Waals surface area (Å²) in [5, 5.41) is 3.91. The lowest BCUT2D eigenvalue weighted by Gasteiger charge is -2.07. The summed E-state index contributed by atoms with van der Waals surface area (Å²) < 4.78 is 16.2. The van der Waals surface area contributed by atoms with E-state index in [2.05, 4.69) is 10.5 Å². The molecule has 3 aromatic carbocycles. The van der Waals surface area contributed by atoms with Crippen LogP contribution < -0.4 is 19.6 Å². The number of para-hydroxylation sites is 1. The molecule has 0 saturated heterocycles. The number of hydrogen-bond donors (Lipinski definition) is 1. The van der Waals surface area contributed by atoms with Crippen molar-refractivity contribution in [1.29, 1.82) is 0 Å². The molecule has 0 saturated carbocycles. The number of ether oxygens (including phenoxy) is 3. The van der Waals surface area contributed by atoms with Crippen LogP contribution in [0.2, 0.25) is 0 Å². The summed E-state index contributed by atoms with van der Waals surface area (Å²) >= 11 is 0. The van der Waals surface area contributed by atoms with Gasteiger partial charge < -0.3 is 14.2 Å². The van der Waals surface area contributed by atoms with Gasteiger partial charge in [-0.1, -0.05) is 18.2 Å². The normalized spacial score (nSPS) is 10.6. The van der Waals surface area contributed by atoms with Gasteiger partial charge in [0.05, 0.1) is 18.4 Å². The molecule has 0 unspecified atom stereocenters. The Bertz CT molecular complexity index is 1080. The highest BCUT2D eigenvalue weighted by Gasteiger charge is 2.09. The van der Waals surface area contributed by atoms with Crippen LogP contribution in [0.3, 0.4) is 0 Å². The molecule has 0 heterocycles. The van der Waals surface area contributed by atoms with Crippen LogP contribution in [-0.4, -0.2) is 31.3 Å². The first-order chi connectivity index (χ1) is 15.5. The average Bonchev–Trinajstić information content (AvgIpc) is 2.80. The van der Waals surface area contributed by atoms with Crippen LogP contribution in [0.15, 0.2) is 77.9 Å². The first-order valence-corrected chi connectivity index (χ1v) is 10.1. The molecule has 7 nitrogen and oxygen atoms in total. The number of nitrogens with one attached hydrogen (secondary N) is 1. The largest absolute Gasteiger partial charge is 0.494 e. The second-order valence-electron chi connectivity index (χ2n) is 6.76. The molecule has 0 aliphatic carbocycles. The summed E-state index contributed by atoms with van der Waals surface area (Å²) in [4.78, 5) is 24.1. The van der Waals surface area contributed by atoms with Gasteiger partial charge in [0.15, 0.2) is 6.61 Å². The minimum atomic E-state index is -0.463. The van der Waals surface area contributed by atoms with Crippen molar-refractivity contribution in [2.75, 3.05) is 13.2 Å². The van der Waals surface area contributed by atoms with Gasteiger partial charge in [-0.3, -0.25) is 4.79 Å². The van der Waals surface area contributed by atoms with Crippen LogP contribution in [-0.2, 0) is 4.79 Å². The third-order valence-corrected chi connectivity index (χ3v) is 4.35. The van der Waals surface area contributed by atoms with Crippen molar-refractivity contribution < 1.29 is 23.8 Å². The predicted octanol–water partition coefficient (Wildman–Crippen LogP) is 4.14. The monoisotopic (exact) mass is 432 g/mol. The Morgan fingerprint density at radius 1 is 0.906 bits per heavy atom. The number of hydrogen-bond acceptors (Lipinski definition) is 6. The van der Waals surface area contributed by atoms with E-state index < -0.39 is 5.97 Å². The number of hydrazone groups is 1. The van der Waals surface area contributed by atoms with E-state index in [9.17, 15) is 9.59 Å². The summed E-state index contributed by atoms with van der Waals surface area (Å²) in [7, 11) is 0. The van der Waals surface area contributed by atoms with E-state index in [4.69, 9.17) is 14.2 Å². The lowest BCUT2D eigenvalue weighted by molar-refractivity contribution is -0.123. The predicted molar refractivity (Wildman–Crippen MR) is 121 cm³/mol. The first-order valence-electron chi connectivity index (χ1n) is 10.1. The molecule has 0 aliphatic heterocycles. The van der Waals surface area contributed by atoms with Crippen LogP contribution in [0.4, 0.5) is 0 Å². The minimum Gasteiger partial charge on any atom is -0.494 e. The zero-order valence-electron chi connectivity index (χ0n) is 17.9. The third kappa shape index (κ3) is 6.70. The zero-order valence-corrected chi connectivity index (χ0v) is 17.9. The van der Waals surface area contributed by atoms with Crippen LogP contribution in [0.1, 0.15) is 28.4 Å². The number of aryl methyl sites for hydroxylation is 1. The van der Waals surface area contributed by atoms with Gasteiger partial charge in [-0.05, 0) is 79.6 Å². The molecular weight excluding hydrogens is 408 g/mol. The van der Waals surface area contributed by atoms with Crippen LogP contribution >= 0.6 is 0 Å². The highest BCUT2D eigenvalue weighted by molar-refractivity contribution is 5.91. The van der Waals surface area contributed by atoms with Gasteiger partial charge in [-0.15, -0.1) is 0 Å². The fourth-order valence-corrected chi connectivity index (χ4v) is 2.71. The molecule has 164 valence electrons. The van der Waals surface area contributed by atoms with Gasteiger partial charge in [0.2, 0.25) is 0 Å². The third-order valence-electron chi connectivity index (χ3n) is 4.35. The molecule has 0 bridgehead atoms. The summed E-state index contributed by atoms with van der Waals surface area (Å²) in [6.07, 6.45) is 1.49.